The van der Waals surface area contributed by atoms with Crippen molar-refractivity contribution in [3.05, 3.63) is 71.8 Å². The summed E-state index contributed by atoms with van der Waals surface area (Å²) in [6.45, 7) is 0. The molecule has 0 fully saturated rings. The van der Waals surface area contributed by atoms with Crippen LogP contribution in [-0.2, 0) is 13.6 Å². The molecule has 0 aromatic heterocycles. The standard InChI is InChI=1S/C17H20NO5P/c1-22-24(21,23-2)17(20)15(13-9-5-3-6-10-13)18-16(19)14-11-7-4-8-12-14/h3-12,15,17,20H,1-2H3,(H,18,19)/t15-,17-/m0/s1. The van der Waals surface area contributed by atoms with E-state index in [-0.39, 0.29) is 0 Å². The third-order valence-electron chi connectivity index (χ3n) is 3.61. The maximum atomic E-state index is 12.5. The molecule has 0 unspecified atom stereocenters. The molecule has 2 atom stereocenters. The van der Waals surface area contributed by atoms with Gasteiger partial charge in [-0.15, -0.1) is 0 Å². The molecule has 2 rings (SSSR count). The Balaban J connectivity index is 2.34. The fourth-order valence-corrected chi connectivity index (χ4v) is 3.47. The molecule has 128 valence electrons. The van der Waals surface area contributed by atoms with Gasteiger partial charge in [0.25, 0.3) is 5.91 Å². The van der Waals surface area contributed by atoms with Crippen molar-refractivity contribution < 1.29 is 23.5 Å². The molecule has 0 saturated heterocycles. The smallest absolute Gasteiger partial charge is 0.360 e. The summed E-state index contributed by atoms with van der Waals surface area (Å²) in [4.78, 5) is 12.4. The number of carbonyl (C=O) groups is 1. The SMILES string of the molecule is COP(=O)(OC)[C@H](O)[C@@H](NC(=O)c1ccccc1)c1ccccc1. The van der Waals surface area contributed by atoms with Gasteiger partial charge in [0.1, 0.15) is 0 Å². The van der Waals surface area contributed by atoms with E-state index in [2.05, 4.69) is 5.32 Å². The van der Waals surface area contributed by atoms with Gasteiger partial charge in [0.05, 0.1) is 6.04 Å². The molecule has 2 aromatic rings. The summed E-state index contributed by atoms with van der Waals surface area (Å²) in [6.07, 6.45) is 0. The third-order valence-corrected chi connectivity index (χ3v) is 5.58. The van der Waals surface area contributed by atoms with Gasteiger partial charge in [-0.2, -0.15) is 0 Å². The van der Waals surface area contributed by atoms with Crippen LogP contribution in [0.4, 0.5) is 0 Å². The van der Waals surface area contributed by atoms with Gasteiger partial charge in [-0.3, -0.25) is 9.36 Å². The molecule has 2 N–H and O–H groups in total. The Morgan fingerprint density at radius 2 is 1.50 bits per heavy atom. The lowest BCUT2D eigenvalue weighted by molar-refractivity contribution is 0.0876. The lowest BCUT2D eigenvalue weighted by Gasteiger charge is -2.28. The van der Waals surface area contributed by atoms with Crippen molar-refractivity contribution in [1.29, 1.82) is 0 Å². The second-order valence-electron chi connectivity index (χ2n) is 5.05. The minimum absolute atomic E-state index is 0.401. The number of benzene rings is 2. The van der Waals surface area contributed by atoms with Crippen molar-refractivity contribution in [2.75, 3.05) is 14.2 Å². The minimum atomic E-state index is -3.80. The number of amides is 1. The number of aliphatic hydroxyl groups excluding tert-OH is 1. The van der Waals surface area contributed by atoms with Crippen molar-refractivity contribution in [3.8, 4) is 0 Å². The van der Waals surface area contributed by atoms with Crippen LogP contribution in [0.25, 0.3) is 0 Å². The monoisotopic (exact) mass is 349 g/mol. The van der Waals surface area contributed by atoms with E-state index >= 15 is 0 Å². The molecular weight excluding hydrogens is 329 g/mol. The summed E-state index contributed by atoms with van der Waals surface area (Å²) < 4.78 is 22.3. The van der Waals surface area contributed by atoms with Gasteiger partial charge in [-0.05, 0) is 17.7 Å². The Bertz CT molecular complexity index is 699. The lowest BCUT2D eigenvalue weighted by atomic mass is 10.1. The summed E-state index contributed by atoms with van der Waals surface area (Å²) in [6, 6.07) is 16.4. The maximum Gasteiger partial charge on any atom is 0.360 e. The summed E-state index contributed by atoms with van der Waals surface area (Å²) >= 11 is 0. The van der Waals surface area contributed by atoms with Crippen LogP contribution < -0.4 is 5.32 Å². The van der Waals surface area contributed by atoms with Gasteiger partial charge in [-0.1, -0.05) is 48.5 Å². The number of hydrogen-bond acceptors (Lipinski definition) is 5. The quantitative estimate of drug-likeness (QED) is 0.751. The van der Waals surface area contributed by atoms with E-state index < -0.39 is 25.4 Å². The van der Waals surface area contributed by atoms with Crippen molar-refractivity contribution in [2.24, 2.45) is 0 Å². The largest absolute Gasteiger partial charge is 0.378 e. The minimum Gasteiger partial charge on any atom is -0.378 e. The van der Waals surface area contributed by atoms with Gasteiger partial charge in [0, 0.05) is 19.8 Å². The van der Waals surface area contributed by atoms with Crippen LogP contribution in [0.1, 0.15) is 22.0 Å². The lowest BCUT2D eigenvalue weighted by Crippen LogP contribution is -2.36. The van der Waals surface area contributed by atoms with E-state index in [4.69, 9.17) is 9.05 Å². The molecule has 7 heteroatoms. The highest BCUT2D eigenvalue weighted by Crippen LogP contribution is 2.54. The van der Waals surface area contributed by atoms with Crippen LogP contribution >= 0.6 is 7.60 Å². The Morgan fingerprint density at radius 1 is 1.00 bits per heavy atom. The summed E-state index contributed by atoms with van der Waals surface area (Å²) in [5, 5.41) is 13.3. The topological polar surface area (TPSA) is 84.9 Å². The molecule has 0 aliphatic rings. The normalized spacial score (nSPS) is 14.0. The van der Waals surface area contributed by atoms with Crippen LogP contribution in [0.2, 0.25) is 0 Å². The molecule has 1 amide bonds. The van der Waals surface area contributed by atoms with E-state index in [9.17, 15) is 14.5 Å². The number of hydrogen-bond donors (Lipinski definition) is 2. The Kier molecular flexibility index (Phi) is 6.29. The summed E-state index contributed by atoms with van der Waals surface area (Å²) in [5.41, 5.74) is 1.01. The average Bonchev–Trinajstić information content (AvgIpc) is 2.66. The highest BCUT2D eigenvalue weighted by Gasteiger charge is 2.40. The number of rotatable bonds is 7. The Morgan fingerprint density at radius 3 is 2.00 bits per heavy atom. The zero-order valence-corrected chi connectivity index (χ0v) is 14.4. The molecule has 0 bridgehead atoms. The second-order valence-corrected chi connectivity index (χ2v) is 7.39. The van der Waals surface area contributed by atoms with E-state index in [0.29, 0.717) is 11.1 Å². The summed E-state index contributed by atoms with van der Waals surface area (Å²) in [7, 11) is -1.42. The first-order valence-electron chi connectivity index (χ1n) is 7.32. The van der Waals surface area contributed by atoms with E-state index in [1.807, 2.05) is 0 Å². The fourth-order valence-electron chi connectivity index (χ4n) is 2.28. The maximum absolute atomic E-state index is 12.5. The number of carbonyl (C=O) groups excluding carboxylic acids is 1. The van der Waals surface area contributed by atoms with Crippen molar-refractivity contribution in [2.45, 2.75) is 11.9 Å². The first kappa shape index (κ1) is 18.4. The number of nitrogens with one attached hydrogen (secondary N) is 1. The summed E-state index contributed by atoms with van der Waals surface area (Å²) in [5.74, 6) is -1.95. The van der Waals surface area contributed by atoms with E-state index in [0.717, 1.165) is 0 Å². The van der Waals surface area contributed by atoms with E-state index in [1.54, 1.807) is 60.7 Å². The zero-order valence-electron chi connectivity index (χ0n) is 13.5. The van der Waals surface area contributed by atoms with Crippen LogP contribution in [0, 0.1) is 0 Å². The van der Waals surface area contributed by atoms with Gasteiger partial charge in [-0.25, -0.2) is 0 Å². The Hall–Kier alpha value is -1.98. The van der Waals surface area contributed by atoms with Crippen molar-refractivity contribution in [3.63, 3.8) is 0 Å². The van der Waals surface area contributed by atoms with Crippen LogP contribution in [0.15, 0.2) is 60.7 Å². The van der Waals surface area contributed by atoms with Crippen LogP contribution in [-0.4, -0.2) is 31.1 Å². The highest BCUT2D eigenvalue weighted by atomic mass is 31.2. The molecule has 0 aliphatic carbocycles. The Labute approximate surface area is 141 Å². The molecule has 0 saturated carbocycles. The zero-order chi connectivity index (χ0) is 17.6. The van der Waals surface area contributed by atoms with Crippen LogP contribution in [0.3, 0.4) is 0 Å². The molecule has 24 heavy (non-hydrogen) atoms. The van der Waals surface area contributed by atoms with Crippen molar-refractivity contribution in [1.82, 2.24) is 5.32 Å². The van der Waals surface area contributed by atoms with Gasteiger partial charge >= 0.3 is 7.60 Å². The molecule has 0 spiro atoms. The molecule has 0 radical (unpaired) electrons. The van der Waals surface area contributed by atoms with Gasteiger partial charge in [0.2, 0.25) is 0 Å². The highest BCUT2D eigenvalue weighted by molar-refractivity contribution is 7.54. The van der Waals surface area contributed by atoms with Gasteiger partial charge in [0.15, 0.2) is 5.85 Å². The molecule has 0 aliphatic heterocycles. The third kappa shape index (κ3) is 4.10. The predicted octanol–water partition coefficient (Wildman–Crippen LogP) is 2.96. The van der Waals surface area contributed by atoms with Crippen LogP contribution in [0.5, 0.6) is 0 Å². The van der Waals surface area contributed by atoms with Crippen molar-refractivity contribution >= 4 is 13.5 Å². The van der Waals surface area contributed by atoms with Gasteiger partial charge < -0.3 is 19.5 Å². The molecule has 6 nitrogen and oxygen atoms in total. The van der Waals surface area contributed by atoms with E-state index in [1.165, 1.54) is 14.2 Å². The predicted molar refractivity (Wildman–Crippen MR) is 90.7 cm³/mol. The molecular formula is C17H20NO5P. The number of aliphatic hydroxyl groups is 1. The molecule has 2 aromatic carbocycles. The first-order chi connectivity index (χ1) is 11.5. The first-order valence-corrected chi connectivity index (χ1v) is 8.93. The molecule has 0 heterocycles. The fraction of sp³-hybridized carbons (Fsp3) is 0.235. The second kappa shape index (κ2) is 8.22. The average molecular weight is 349 g/mol.